The molecule has 3 heteroatoms. The van der Waals surface area contributed by atoms with Gasteiger partial charge in [-0.1, -0.05) is 36.4 Å². The molecule has 96 valence electrons. The van der Waals surface area contributed by atoms with Crippen LogP contribution in [0.3, 0.4) is 0 Å². The number of hydrogen-bond acceptors (Lipinski definition) is 2. The summed E-state index contributed by atoms with van der Waals surface area (Å²) in [5.74, 6) is 0. The molecule has 3 aromatic heterocycles. The zero-order valence-electron chi connectivity index (χ0n) is 10.9. The first-order valence-corrected chi connectivity index (χ1v) is 8.25. The maximum absolute atomic E-state index is 2.38. The number of rotatable bonds is 0. The Balaban J connectivity index is 2.15. The normalized spacial score (nSPS) is 12.2. The van der Waals surface area contributed by atoms with Crippen LogP contribution in [0.1, 0.15) is 0 Å². The van der Waals surface area contributed by atoms with Crippen molar-refractivity contribution in [2.75, 3.05) is 0 Å². The molecule has 0 bridgehead atoms. The number of hydrogen-bond donors (Lipinski definition) is 0. The first kappa shape index (κ1) is 10.9. The van der Waals surface area contributed by atoms with Gasteiger partial charge in [0.05, 0.1) is 20.4 Å². The molecule has 0 saturated carbocycles. The summed E-state index contributed by atoms with van der Waals surface area (Å²) in [6, 6.07) is 17.4. The van der Waals surface area contributed by atoms with E-state index < -0.39 is 0 Å². The minimum atomic E-state index is 1.38. The first-order valence-electron chi connectivity index (χ1n) is 6.62. The van der Waals surface area contributed by atoms with Crippen molar-refractivity contribution < 1.29 is 0 Å². The molecule has 0 spiro atoms. The molecule has 0 N–H and O–H groups in total. The van der Waals surface area contributed by atoms with E-state index in [9.17, 15) is 0 Å². The van der Waals surface area contributed by atoms with Crippen LogP contribution >= 0.6 is 22.7 Å². The van der Waals surface area contributed by atoms with E-state index in [0.29, 0.717) is 0 Å². The standard InChI is InChI=1S/C17H11NS2/c1-18-14-10-6-2-4-8-12(10)19-16(14)17-15(18)11-7-3-5-9-13(11)20-17/h2-9H,1H3. The lowest BCUT2D eigenvalue weighted by molar-refractivity contribution is 1.02. The summed E-state index contributed by atoms with van der Waals surface area (Å²) in [4.78, 5) is 0. The summed E-state index contributed by atoms with van der Waals surface area (Å²) in [5, 5.41) is 2.75. The van der Waals surface area contributed by atoms with Gasteiger partial charge in [-0.15, -0.1) is 22.7 Å². The summed E-state index contributed by atoms with van der Waals surface area (Å²) >= 11 is 3.83. The van der Waals surface area contributed by atoms with E-state index in [0.717, 1.165) is 0 Å². The van der Waals surface area contributed by atoms with Gasteiger partial charge in [0.15, 0.2) is 0 Å². The quantitative estimate of drug-likeness (QED) is 0.342. The molecule has 2 aromatic carbocycles. The van der Waals surface area contributed by atoms with Crippen LogP contribution in [-0.4, -0.2) is 4.57 Å². The van der Waals surface area contributed by atoms with Crippen molar-refractivity contribution >= 4 is 63.3 Å². The number of aryl methyl sites for hydroxylation is 1. The fraction of sp³-hybridized carbons (Fsp3) is 0.0588. The number of benzene rings is 2. The van der Waals surface area contributed by atoms with Crippen molar-refractivity contribution in [1.29, 1.82) is 0 Å². The van der Waals surface area contributed by atoms with Crippen LogP contribution in [-0.2, 0) is 7.05 Å². The first-order chi connectivity index (χ1) is 9.84. The maximum atomic E-state index is 2.38. The van der Waals surface area contributed by atoms with Gasteiger partial charge in [-0.3, -0.25) is 0 Å². The fourth-order valence-corrected chi connectivity index (χ4v) is 5.75. The van der Waals surface area contributed by atoms with Gasteiger partial charge < -0.3 is 4.57 Å². The van der Waals surface area contributed by atoms with Crippen LogP contribution < -0.4 is 0 Å². The fourth-order valence-electron chi connectivity index (χ4n) is 3.15. The van der Waals surface area contributed by atoms with E-state index in [1.807, 2.05) is 22.7 Å². The topological polar surface area (TPSA) is 4.93 Å². The molecule has 0 aliphatic carbocycles. The van der Waals surface area contributed by atoms with Crippen molar-refractivity contribution in [2.24, 2.45) is 7.05 Å². The Hall–Kier alpha value is -1.84. The van der Waals surface area contributed by atoms with E-state index in [4.69, 9.17) is 0 Å². The molecule has 5 aromatic rings. The van der Waals surface area contributed by atoms with Gasteiger partial charge in [0, 0.05) is 27.2 Å². The van der Waals surface area contributed by atoms with E-state index in [1.165, 1.54) is 40.6 Å². The third kappa shape index (κ3) is 1.18. The van der Waals surface area contributed by atoms with Gasteiger partial charge in [-0.05, 0) is 12.1 Å². The highest BCUT2D eigenvalue weighted by atomic mass is 32.1. The number of aromatic nitrogens is 1. The number of fused-ring (bicyclic) bond motifs is 7. The zero-order chi connectivity index (χ0) is 13.3. The largest absolute Gasteiger partial charge is 0.341 e. The number of nitrogens with zero attached hydrogens (tertiary/aromatic N) is 1. The highest BCUT2D eigenvalue weighted by molar-refractivity contribution is 7.33. The van der Waals surface area contributed by atoms with Gasteiger partial charge in [-0.25, -0.2) is 0 Å². The maximum Gasteiger partial charge on any atom is 0.0714 e. The number of thiophene rings is 2. The smallest absolute Gasteiger partial charge is 0.0714 e. The molecule has 5 rings (SSSR count). The zero-order valence-corrected chi connectivity index (χ0v) is 12.5. The Kier molecular flexibility index (Phi) is 1.97. The summed E-state index contributed by atoms with van der Waals surface area (Å²) in [6.07, 6.45) is 0. The Morgan fingerprint density at radius 2 is 1.15 bits per heavy atom. The second-order valence-electron chi connectivity index (χ2n) is 5.11. The van der Waals surface area contributed by atoms with E-state index in [-0.39, 0.29) is 0 Å². The van der Waals surface area contributed by atoms with Crippen LogP contribution in [0.15, 0.2) is 48.5 Å². The Labute approximate surface area is 123 Å². The van der Waals surface area contributed by atoms with Gasteiger partial charge >= 0.3 is 0 Å². The molecule has 0 aliphatic heterocycles. The second kappa shape index (κ2) is 3.62. The van der Waals surface area contributed by atoms with Gasteiger partial charge in [-0.2, -0.15) is 0 Å². The second-order valence-corrected chi connectivity index (χ2v) is 7.22. The van der Waals surface area contributed by atoms with Crippen molar-refractivity contribution in [3.63, 3.8) is 0 Å². The summed E-state index contributed by atoms with van der Waals surface area (Å²) in [7, 11) is 2.20. The minimum absolute atomic E-state index is 1.38. The molecule has 1 nitrogen and oxygen atoms in total. The molecule has 0 aliphatic rings. The van der Waals surface area contributed by atoms with Gasteiger partial charge in [0.2, 0.25) is 0 Å². The third-order valence-corrected chi connectivity index (χ3v) is 6.50. The lowest BCUT2D eigenvalue weighted by Crippen LogP contribution is -1.85. The monoisotopic (exact) mass is 293 g/mol. The van der Waals surface area contributed by atoms with E-state index >= 15 is 0 Å². The van der Waals surface area contributed by atoms with Crippen molar-refractivity contribution in [2.45, 2.75) is 0 Å². The summed E-state index contributed by atoms with van der Waals surface area (Å²) in [5.41, 5.74) is 2.77. The van der Waals surface area contributed by atoms with Crippen LogP contribution in [0, 0.1) is 0 Å². The molecule has 0 amide bonds. The minimum Gasteiger partial charge on any atom is -0.341 e. The van der Waals surface area contributed by atoms with E-state index in [2.05, 4.69) is 60.1 Å². The molecule has 0 unspecified atom stereocenters. The van der Waals surface area contributed by atoms with Crippen molar-refractivity contribution in [3.05, 3.63) is 48.5 Å². The van der Waals surface area contributed by atoms with Gasteiger partial charge in [0.25, 0.3) is 0 Å². The molecular formula is C17H11NS2. The van der Waals surface area contributed by atoms with Crippen LogP contribution in [0.5, 0.6) is 0 Å². The van der Waals surface area contributed by atoms with Crippen LogP contribution in [0.2, 0.25) is 0 Å². The highest BCUT2D eigenvalue weighted by Gasteiger charge is 2.18. The summed E-state index contributed by atoms with van der Waals surface area (Å²) < 4.78 is 8.01. The molecule has 0 atom stereocenters. The van der Waals surface area contributed by atoms with Crippen LogP contribution in [0.4, 0.5) is 0 Å². The van der Waals surface area contributed by atoms with Crippen LogP contribution in [0.25, 0.3) is 40.6 Å². The lowest BCUT2D eigenvalue weighted by Gasteiger charge is -1.98. The molecule has 0 saturated heterocycles. The van der Waals surface area contributed by atoms with Crippen molar-refractivity contribution in [1.82, 2.24) is 4.57 Å². The summed E-state index contributed by atoms with van der Waals surface area (Å²) in [6.45, 7) is 0. The lowest BCUT2D eigenvalue weighted by atomic mass is 10.2. The molecular weight excluding hydrogens is 282 g/mol. The highest BCUT2D eigenvalue weighted by Crippen LogP contribution is 2.45. The molecule has 20 heavy (non-hydrogen) atoms. The van der Waals surface area contributed by atoms with E-state index in [1.54, 1.807) is 0 Å². The Bertz CT molecular complexity index is 1020. The van der Waals surface area contributed by atoms with Crippen molar-refractivity contribution in [3.8, 4) is 0 Å². The SMILES string of the molecule is Cn1c2c3ccccc3sc2c2sc3ccccc3c21. The predicted molar refractivity (Wildman–Crippen MR) is 91.2 cm³/mol. The van der Waals surface area contributed by atoms with Gasteiger partial charge in [0.1, 0.15) is 0 Å². The predicted octanol–water partition coefficient (Wildman–Crippen LogP) is 5.76. The molecule has 0 fully saturated rings. The molecule has 0 radical (unpaired) electrons. The third-order valence-electron chi connectivity index (χ3n) is 4.02. The Morgan fingerprint density at radius 3 is 1.65 bits per heavy atom. The Morgan fingerprint density at radius 1 is 0.700 bits per heavy atom. The average Bonchev–Trinajstić information content (AvgIpc) is 3.10. The average molecular weight is 293 g/mol. The molecule has 3 heterocycles.